The van der Waals surface area contributed by atoms with Crippen LogP contribution in [0.3, 0.4) is 0 Å². The average Bonchev–Trinajstić information content (AvgIpc) is 2.78. The highest BCUT2D eigenvalue weighted by Crippen LogP contribution is 2.39. The molecule has 32 heavy (non-hydrogen) atoms. The molecular formula is C23H14N2O7. The fourth-order valence-electron chi connectivity index (χ4n) is 3.18. The minimum atomic E-state index is -0.548. The van der Waals surface area contributed by atoms with Crippen molar-refractivity contribution in [3.63, 3.8) is 0 Å². The van der Waals surface area contributed by atoms with Gasteiger partial charge in [-0.05, 0) is 54.1 Å². The van der Waals surface area contributed by atoms with Crippen LogP contribution in [-0.2, 0) is 0 Å². The molecule has 0 saturated heterocycles. The molecule has 0 radical (unpaired) electrons. The number of non-ortho nitro benzene ring substituents is 2. The van der Waals surface area contributed by atoms with Crippen molar-refractivity contribution in [3.05, 3.63) is 116 Å². The molecule has 0 spiro atoms. The summed E-state index contributed by atoms with van der Waals surface area (Å²) < 4.78 is 5.86. The van der Waals surface area contributed by atoms with Gasteiger partial charge in [0.15, 0.2) is 5.78 Å². The van der Waals surface area contributed by atoms with Crippen molar-refractivity contribution in [3.8, 4) is 11.5 Å². The number of nitro groups is 2. The Morgan fingerprint density at radius 1 is 0.875 bits per heavy atom. The summed E-state index contributed by atoms with van der Waals surface area (Å²) >= 11 is 0. The van der Waals surface area contributed by atoms with E-state index in [0.717, 1.165) is 0 Å². The lowest BCUT2D eigenvalue weighted by molar-refractivity contribution is -0.385. The van der Waals surface area contributed by atoms with Crippen LogP contribution in [0.2, 0.25) is 0 Å². The molecule has 9 heteroatoms. The van der Waals surface area contributed by atoms with Gasteiger partial charge < -0.3 is 9.84 Å². The SMILES string of the molecule is O=C(C=C1C=C(c2ccc([N+](=O)[O-])cc2)Oc2cc(O)ccc21)c1ccc([N+](=O)[O-])cc1. The molecule has 0 atom stereocenters. The molecule has 0 bridgehead atoms. The third-order valence-electron chi connectivity index (χ3n) is 4.79. The van der Waals surface area contributed by atoms with Crippen molar-refractivity contribution < 1.29 is 24.5 Å². The first-order valence-electron chi connectivity index (χ1n) is 9.30. The van der Waals surface area contributed by atoms with Crippen LogP contribution in [0, 0.1) is 20.2 Å². The van der Waals surface area contributed by atoms with Gasteiger partial charge in [0.25, 0.3) is 11.4 Å². The summed E-state index contributed by atoms with van der Waals surface area (Å²) in [6, 6.07) is 15.4. The first kappa shape index (κ1) is 20.5. The fraction of sp³-hybridized carbons (Fsp3) is 0. The number of nitrogens with zero attached hydrogens (tertiary/aromatic N) is 2. The van der Waals surface area contributed by atoms with Crippen molar-refractivity contribution in [2.45, 2.75) is 0 Å². The lowest BCUT2D eigenvalue weighted by Gasteiger charge is -2.20. The molecule has 4 rings (SSSR count). The number of phenolic OH excluding ortho intramolecular Hbond substituents is 1. The molecule has 0 aliphatic carbocycles. The highest BCUT2D eigenvalue weighted by atomic mass is 16.6. The largest absolute Gasteiger partial charge is 0.508 e. The number of phenols is 1. The van der Waals surface area contributed by atoms with E-state index in [9.17, 15) is 30.1 Å². The van der Waals surface area contributed by atoms with Gasteiger partial charge in [-0.15, -0.1) is 0 Å². The van der Waals surface area contributed by atoms with Crippen LogP contribution in [0.5, 0.6) is 11.5 Å². The first-order chi connectivity index (χ1) is 15.3. The lowest BCUT2D eigenvalue weighted by Crippen LogP contribution is -2.05. The predicted molar refractivity (Wildman–Crippen MR) is 115 cm³/mol. The van der Waals surface area contributed by atoms with E-state index in [1.165, 1.54) is 66.7 Å². The van der Waals surface area contributed by atoms with E-state index in [0.29, 0.717) is 28.2 Å². The Hall–Kier alpha value is -4.79. The predicted octanol–water partition coefficient (Wildman–Crippen LogP) is 4.91. The van der Waals surface area contributed by atoms with Gasteiger partial charge in [-0.2, -0.15) is 0 Å². The van der Waals surface area contributed by atoms with Crippen LogP contribution < -0.4 is 4.74 Å². The van der Waals surface area contributed by atoms with Crippen molar-refractivity contribution in [2.75, 3.05) is 0 Å². The number of hydrogen-bond donors (Lipinski definition) is 1. The van der Waals surface area contributed by atoms with Gasteiger partial charge in [-0.25, -0.2) is 0 Å². The topological polar surface area (TPSA) is 133 Å². The molecule has 0 saturated carbocycles. The Kier molecular flexibility index (Phi) is 5.22. The second-order valence-electron chi connectivity index (χ2n) is 6.86. The highest BCUT2D eigenvalue weighted by molar-refractivity contribution is 6.11. The molecule has 3 aromatic rings. The average molecular weight is 430 g/mol. The summed E-state index contributed by atoms with van der Waals surface area (Å²) in [5.41, 5.74) is 1.65. The van der Waals surface area contributed by atoms with Crippen LogP contribution in [-0.4, -0.2) is 20.7 Å². The molecule has 3 aromatic carbocycles. The van der Waals surface area contributed by atoms with E-state index < -0.39 is 9.85 Å². The fourth-order valence-corrected chi connectivity index (χ4v) is 3.18. The van der Waals surface area contributed by atoms with Gasteiger partial charge in [-0.3, -0.25) is 25.0 Å². The van der Waals surface area contributed by atoms with Crippen molar-refractivity contribution in [1.29, 1.82) is 0 Å². The van der Waals surface area contributed by atoms with E-state index in [-0.39, 0.29) is 28.5 Å². The van der Waals surface area contributed by atoms with E-state index in [4.69, 9.17) is 4.74 Å². The van der Waals surface area contributed by atoms with Crippen molar-refractivity contribution >= 4 is 28.5 Å². The molecule has 1 aliphatic rings. The summed E-state index contributed by atoms with van der Waals surface area (Å²) in [5, 5.41) is 31.6. The van der Waals surface area contributed by atoms with Gasteiger partial charge in [0.05, 0.1) is 9.85 Å². The molecule has 1 heterocycles. The van der Waals surface area contributed by atoms with Crippen molar-refractivity contribution in [1.82, 2.24) is 0 Å². The van der Waals surface area contributed by atoms with E-state index in [2.05, 4.69) is 0 Å². The van der Waals surface area contributed by atoms with Crippen LogP contribution in [0.15, 0.2) is 78.9 Å². The summed E-state index contributed by atoms with van der Waals surface area (Å²) in [5.74, 6) is 0.231. The number of ketones is 1. The van der Waals surface area contributed by atoms with Gasteiger partial charge in [0.2, 0.25) is 0 Å². The van der Waals surface area contributed by atoms with Crippen LogP contribution >= 0.6 is 0 Å². The van der Waals surface area contributed by atoms with Gasteiger partial charge >= 0.3 is 0 Å². The van der Waals surface area contributed by atoms with Crippen LogP contribution in [0.25, 0.3) is 11.3 Å². The first-order valence-corrected chi connectivity index (χ1v) is 9.30. The quantitative estimate of drug-likeness (QED) is 0.263. The van der Waals surface area contributed by atoms with Gasteiger partial charge in [0, 0.05) is 47.0 Å². The molecule has 0 aromatic heterocycles. The number of allylic oxidation sites excluding steroid dienone is 3. The number of carbonyl (C=O) groups excluding carboxylic acids is 1. The zero-order valence-corrected chi connectivity index (χ0v) is 16.3. The maximum absolute atomic E-state index is 12.8. The van der Waals surface area contributed by atoms with Crippen molar-refractivity contribution in [2.24, 2.45) is 0 Å². The Morgan fingerprint density at radius 2 is 1.47 bits per heavy atom. The number of nitro benzene ring substituents is 2. The molecule has 9 nitrogen and oxygen atoms in total. The minimum Gasteiger partial charge on any atom is -0.508 e. The van der Waals surface area contributed by atoms with E-state index in [1.807, 2.05) is 0 Å². The standard InChI is InChI=1S/C23H14N2O7/c26-19-9-10-20-16(11-21(27)14-1-5-17(6-2-14)24(28)29)12-22(32-23(20)13-19)15-3-7-18(8-4-15)25(30)31/h1-13,26H. The number of fused-ring (bicyclic) bond motifs is 1. The van der Waals surface area contributed by atoms with E-state index in [1.54, 1.807) is 12.1 Å². The molecular weight excluding hydrogens is 416 g/mol. The number of rotatable bonds is 5. The highest BCUT2D eigenvalue weighted by Gasteiger charge is 2.20. The number of aromatic hydroxyl groups is 1. The number of hydrogen-bond acceptors (Lipinski definition) is 7. The third-order valence-corrected chi connectivity index (χ3v) is 4.79. The third kappa shape index (κ3) is 4.08. The Labute approximate surface area is 180 Å². The Balaban J connectivity index is 1.74. The number of carbonyl (C=O) groups is 1. The summed E-state index contributed by atoms with van der Waals surface area (Å²) in [6.45, 7) is 0. The molecule has 158 valence electrons. The van der Waals surface area contributed by atoms with Gasteiger partial charge in [0.1, 0.15) is 17.3 Å². The molecule has 0 amide bonds. The summed E-state index contributed by atoms with van der Waals surface area (Å²) in [6.07, 6.45) is 2.98. The maximum atomic E-state index is 12.8. The molecule has 1 aliphatic heterocycles. The number of benzene rings is 3. The van der Waals surface area contributed by atoms with E-state index >= 15 is 0 Å². The summed E-state index contributed by atoms with van der Waals surface area (Å²) in [7, 11) is 0. The Morgan fingerprint density at radius 3 is 2.06 bits per heavy atom. The molecule has 0 unspecified atom stereocenters. The minimum absolute atomic E-state index is 0.0326. The molecule has 0 fully saturated rings. The zero-order valence-electron chi connectivity index (χ0n) is 16.3. The monoisotopic (exact) mass is 430 g/mol. The number of ether oxygens (including phenoxy) is 1. The van der Waals surface area contributed by atoms with Crippen LogP contribution in [0.1, 0.15) is 21.5 Å². The zero-order chi connectivity index (χ0) is 22.8. The summed E-state index contributed by atoms with van der Waals surface area (Å²) in [4.78, 5) is 33.5. The Bertz CT molecular complexity index is 1310. The normalized spacial score (nSPS) is 13.6. The maximum Gasteiger partial charge on any atom is 0.269 e. The second kappa shape index (κ2) is 8.15. The molecule has 1 N–H and O–H groups in total. The van der Waals surface area contributed by atoms with Gasteiger partial charge in [-0.1, -0.05) is 0 Å². The van der Waals surface area contributed by atoms with Crippen LogP contribution in [0.4, 0.5) is 11.4 Å². The lowest BCUT2D eigenvalue weighted by atomic mass is 9.97. The smallest absolute Gasteiger partial charge is 0.269 e. The second-order valence-corrected chi connectivity index (χ2v) is 6.86.